The second kappa shape index (κ2) is 7.44. The Morgan fingerprint density at radius 2 is 1.77 bits per heavy atom. The van der Waals surface area contributed by atoms with Crippen LogP contribution in [0.1, 0.15) is 19.8 Å². The van der Waals surface area contributed by atoms with Crippen molar-refractivity contribution in [2.45, 2.75) is 25.8 Å². The second-order valence-electron chi connectivity index (χ2n) is 6.30. The molecular formula is C21H22N4O. The summed E-state index contributed by atoms with van der Waals surface area (Å²) in [6.45, 7) is 2.60. The summed E-state index contributed by atoms with van der Waals surface area (Å²) < 4.78 is 5.71. The van der Waals surface area contributed by atoms with E-state index in [0.29, 0.717) is 18.6 Å². The summed E-state index contributed by atoms with van der Waals surface area (Å²) in [5.74, 6) is 2.21. The quantitative estimate of drug-likeness (QED) is 0.640. The number of benzene rings is 2. The van der Waals surface area contributed by atoms with Crippen LogP contribution < -0.4 is 15.4 Å². The van der Waals surface area contributed by atoms with Crippen molar-refractivity contribution in [3.63, 3.8) is 0 Å². The fourth-order valence-corrected chi connectivity index (χ4v) is 2.73. The zero-order valence-corrected chi connectivity index (χ0v) is 14.8. The third kappa shape index (κ3) is 3.94. The molecule has 0 saturated heterocycles. The van der Waals surface area contributed by atoms with Crippen molar-refractivity contribution in [3.8, 4) is 17.0 Å². The summed E-state index contributed by atoms with van der Waals surface area (Å²) in [5.41, 5.74) is 2.85. The fraction of sp³-hybridized carbons (Fsp3) is 0.238. The molecule has 1 saturated carbocycles. The Kier molecular flexibility index (Phi) is 4.69. The van der Waals surface area contributed by atoms with E-state index in [1.165, 1.54) is 12.8 Å². The SMILES string of the molecule is CCOc1ccccc1Nc1cc(-c2ccccc2)nc(NC2CC2)n1. The molecule has 0 unspecified atom stereocenters. The normalized spacial score (nSPS) is 13.3. The van der Waals surface area contributed by atoms with Gasteiger partial charge in [0.1, 0.15) is 11.6 Å². The van der Waals surface area contributed by atoms with Crippen molar-refractivity contribution in [2.24, 2.45) is 0 Å². The average molecular weight is 346 g/mol. The molecule has 0 amide bonds. The summed E-state index contributed by atoms with van der Waals surface area (Å²) in [4.78, 5) is 9.34. The molecule has 1 aliphatic rings. The molecule has 1 aliphatic carbocycles. The molecule has 26 heavy (non-hydrogen) atoms. The summed E-state index contributed by atoms with van der Waals surface area (Å²) in [6.07, 6.45) is 2.35. The number of nitrogens with one attached hydrogen (secondary N) is 2. The summed E-state index contributed by atoms with van der Waals surface area (Å²) >= 11 is 0. The van der Waals surface area contributed by atoms with Crippen LogP contribution in [0.5, 0.6) is 5.75 Å². The number of aromatic nitrogens is 2. The van der Waals surface area contributed by atoms with Gasteiger partial charge in [0.25, 0.3) is 0 Å². The van der Waals surface area contributed by atoms with Crippen molar-refractivity contribution >= 4 is 17.5 Å². The van der Waals surface area contributed by atoms with Gasteiger partial charge in [-0.05, 0) is 31.9 Å². The number of hydrogen-bond donors (Lipinski definition) is 2. The molecule has 2 aromatic carbocycles. The highest BCUT2D eigenvalue weighted by molar-refractivity contribution is 5.70. The first-order valence-electron chi connectivity index (χ1n) is 9.01. The smallest absolute Gasteiger partial charge is 0.225 e. The molecule has 5 nitrogen and oxygen atoms in total. The van der Waals surface area contributed by atoms with Gasteiger partial charge in [-0.15, -0.1) is 0 Å². The van der Waals surface area contributed by atoms with E-state index in [2.05, 4.69) is 27.8 Å². The van der Waals surface area contributed by atoms with Crippen LogP contribution in [-0.2, 0) is 0 Å². The first-order chi connectivity index (χ1) is 12.8. The number of anilines is 3. The van der Waals surface area contributed by atoms with Crippen LogP contribution in [0.3, 0.4) is 0 Å². The Hall–Kier alpha value is -3.08. The summed E-state index contributed by atoms with van der Waals surface area (Å²) in [6, 6.07) is 20.5. The molecule has 1 heterocycles. The summed E-state index contributed by atoms with van der Waals surface area (Å²) in [5, 5.41) is 6.78. The van der Waals surface area contributed by atoms with E-state index in [4.69, 9.17) is 9.72 Å². The van der Waals surface area contributed by atoms with Crippen molar-refractivity contribution in [1.82, 2.24) is 9.97 Å². The van der Waals surface area contributed by atoms with Gasteiger partial charge >= 0.3 is 0 Å². The molecular weight excluding hydrogens is 324 g/mol. The van der Waals surface area contributed by atoms with Gasteiger partial charge < -0.3 is 15.4 Å². The molecule has 0 aliphatic heterocycles. The number of ether oxygens (including phenoxy) is 1. The van der Waals surface area contributed by atoms with E-state index in [1.54, 1.807) is 0 Å². The number of para-hydroxylation sites is 2. The van der Waals surface area contributed by atoms with Crippen LogP contribution in [0.15, 0.2) is 60.7 Å². The van der Waals surface area contributed by atoms with Crippen LogP contribution in [0.4, 0.5) is 17.5 Å². The minimum absolute atomic E-state index is 0.490. The van der Waals surface area contributed by atoms with Gasteiger partial charge in [-0.1, -0.05) is 42.5 Å². The lowest BCUT2D eigenvalue weighted by Crippen LogP contribution is -2.08. The number of hydrogen-bond acceptors (Lipinski definition) is 5. The van der Waals surface area contributed by atoms with Crippen molar-refractivity contribution in [3.05, 3.63) is 60.7 Å². The van der Waals surface area contributed by atoms with Gasteiger partial charge in [0.15, 0.2) is 0 Å². The van der Waals surface area contributed by atoms with E-state index in [1.807, 2.05) is 55.5 Å². The van der Waals surface area contributed by atoms with Crippen LogP contribution in [0, 0.1) is 0 Å². The molecule has 0 bridgehead atoms. The first-order valence-corrected chi connectivity index (χ1v) is 9.01. The summed E-state index contributed by atoms with van der Waals surface area (Å²) in [7, 11) is 0. The van der Waals surface area contributed by atoms with E-state index in [9.17, 15) is 0 Å². The van der Waals surface area contributed by atoms with E-state index in [0.717, 1.165) is 28.5 Å². The third-order valence-corrected chi connectivity index (χ3v) is 4.16. The molecule has 4 rings (SSSR count). The van der Waals surface area contributed by atoms with E-state index < -0.39 is 0 Å². The minimum atomic E-state index is 0.490. The maximum absolute atomic E-state index is 5.71. The fourth-order valence-electron chi connectivity index (χ4n) is 2.73. The Morgan fingerprint density at radius 1 is 1.00 bits per heavy atom. The maximum atomic E-state index is 5.71. The van der Waals surface area contributed by atoms with Crippen LogP contribution >= 0.6 is 0 Å². The predicted octanol–water partition coefficient (Wildman–Crippen LogP) is 4.86. The molecule has 3 aromatic rings. The lowest BCUT2D eigenvalue weighted by atomic mass is 10.1. The maximum Gasteiger partial charge on any atom is 0.225 e. The highest BCUT2D eigenvalue weighted by Crippen LogP contribution is 2.30. The van der Waals surface area contributed by atoms with Crippen LogP contribution in [0.2, 0.25) is 0 Å². The van der Waals surface area contributed by atoms with Crippen molar-refractivity contribution in [1.29, 1.82) is 0 Å². The van der Waals surface area contributed by atoms with Crippen LogP contribution in [0.25, 0.3) is 11.3 Å². The van der Waals surface area contributed by atoms with Crippen molar-refractivity contribution in [2.75, 3.05) is 17.2 Å². The van der Waals surface area contributed by atoms with Gasteiger partial charge in [-0.2, -0.15) is 4.98 Å². The molecule has 5 heteroatoms. The highest BCUT2D eigenvalue weighted by Gasteiger charge is 2.22. The first kappa shape index (κ1) is 16.4. The molecule has 0 spiro atoms. The Balaban J connectivity index is 1.68. The lowest BCUT2D eigenvalue weighted by molar-refractivity contribution is 0.342. The lowest BCUT2D eigenvalue weighted by Gasteiger charge is -2.14. The topological polar surface area (TPSA) is 59.1 Å². The monoisotopic (exact) mass is 346 g/mol. The second-order valence-corrected chi connectivity index (χ2v) is 6.30. The third-order valence-electron chi connectivity index (χ3n) is 4.16. The largest absolute Gasteiger partial charge is 0.492 e. The van der Waals surface area contributed by atoms with E-state index >= 15 is 0 Å². The highest BCUT2D eigenvalue weighted by atomic mass is 16.5. The molecule has 1 fully saturated rings. The van der Waals surface area contributed by atoms with Gasteiger partial charge in [0.05, 0.1) is 18.0 Å². The van der Waals surface area contributed by atoms with Gasteiger partial charge in [0.2, 0.25) is 5.95 Å². The molecule has 132 valence electrons. The minimum Gasteiger partial charge on any atom is -0.492 e. The number of rotatable bonds is 7. The molecule has 0 radical (unpaired) electrons. The zero-order chi connectivity index (χ0) is 17.8. The zero-order valence-electron chi connectivity index (χ0n) is 14.8. The standard InChI is InChI=1S/C21H22N4O/c1-2-26-19-11-7-6-10-17(19)23-20-14-18(15-8-4-3-5-9-15)24-21(25-20)22-16-12-13-16/h3-11,14,16H,2,12-13H2,1H3,(H2,22,23,24,25). The van der Waals surface area contributed by atoms with Crippen LogP contribution in [-0.4, -0.2) is 22.6 Å². The molecule has 1 aromatic heterocycles. The number of nitrogens with zero attached hydrogens (tertiary/aromatic N) is 2. The predicted molar refractivity (Wildman–Crippen MR) is 105 cm³/mol. The average Bonchev–Trinajstić information content (AvgIpc) is 3.48. The Labute approximate surface area is 153 Å². The van der Waals surface area contributed by atoms with Gasteiger partial charge in [-0.25, -0.2) is 4.98 Å². The van der Waals surface area contributed by atoms with Crippen molar-refractivity contribution < 1.29 is 4.74 Å². The van der Waals surface area contributed by atoms with E-state index in [-0.39, 0.29) is 0 Å². The molecule has 0 atom stereocenters. The van der Waals surface area contributed by atoms with Gasteiger partial charge in [0, 0.05) is 17.7 Å². The molecule has 2 N–H and O–H groups in total. The Bertz CT molecular complexity index is 878. The Morgan fingerprint density at radius 3 is 2.54 bits per heavy atom. The van der Waals surface area contributed by atoms with Gasteiger partial charge in [-0.3, -0.25) is 0 Å².